The molecule has 0 aliphatic heterocycles. The lowest BCUT2D eigenvalue weighted by atomic mass is 9.89. The van der Waals surface area contributed by atoms with Gasteiger partial charge in [-0.3, -0.25) is 0 Å². The minimum Gasteiger partial charge on any atom is -0.377 e. The molecule has 0 radical (unpaired) electrons. The van der Waals surface area contributed by atoms with Crippen LogP contribution in [0.2, 0.25) is 0 Å². The van der Waals surface area contributed by atoms with E-state index in [1.807, 2.05) is 0 Å². The first-order chi connectivity index (χ1) is 9.26. The van der Waals surface area contributed by atoms with Gasteiger partial charge in [0.15, 0.2) is 0 Å². The molecule has 0 amide bonds. The Kier molecular flexibility index (Phi) is 5.76. The minimum atomic E-state index is -0.787. The van der Waals surface area contributed by atoms with E-state index < -0.39 is 5.60 Å². The van der Waals surface area contributed by atoms with Crippen molar-refractivity contribution in [3.8, 4) is 12.3 Å². The van der Waals surface area contributed by atoms with E-state index in [2.05, 4.69) is 5.92 Å². The minimum absolute atomic E-state index is 0.405. The molecule has 0 bridgehead atoms. The normalized spacial score (nSPS) is 38.3. The Hall–Kier alpha value is -0.480. The molecule has 0 spiro atoms. The molecule has 2 fully saturated rings. The first kappa shape index (κ1) is 14.9. The molecule has 0 unspecified atom stereocenters. The van der Waals surface area contributed by atoms with Gasteiger partial charge < -0.3 is 5.11 Å². The molecule has 0 aromatic rings. The van der Waals surface area contributed by atoms with Crippen molar-refractivity contribution in [1.82, 2.24) is 0 Å². The summed E-state index contributed by atoms with van der Waals surface area (Å²) in [4.78, 5) is 0. The van der Waals surface area contributed by atoms with Gasteiger partial charge in [-0.2, -0.15) is 0 Å². The monoisotopic (exact) mass is 262 g/mol. The SMILES string of the molecule is C#C[C@]1(O)CCCCCCCCCCCC[C@@H]2C[C@@H]21. The smallest absolute Gasteiger partial charge is 0.128 e. The molecule has 1 nitrogen and oxygen atoms in total. The second kappa shape index (κ2) is 7.34. The van der Waals surface area contributed by atoms with Crippen molar-refractivity contribution in [2.75, 3.05) is 0 Å². The van der Waals surface area contributed by atoms with Crippen molar-refractivity contribution in [3.63, 3.8) is 0 Å². The topological polar surface area (TPSA) is 20.2 Å². The molecule has 1 heteroatoms. The Morgan fingerprint density at radius 1 is 0.842 bits per heavy atom. The standard InChI is InChI=1S/C18H30O/c1-2-18(19)14-12-10-8-6-4-3-5-7-9-11-13-16-15-17(16)18/h1,16-17,19H,3-15H2/t16-,17+,18+/m1/s1. The maximum absolute atomic E-state index is 10.6. The lowest BCUT2D eigenvalue weighted by molar-refractivity contribution is 0.0594. The van der Waals surface area contributed by atoms with Crippen LogP contribution in [0.25, 0.3) is 0 Å². The van der Waals surface area contributed by atoms with Crippen LogP contribution in [-0.4, -0.2) is 10.7 Å². The quantitative estimate of drug-likeness (QED) is 0.628. The largest absolute Gasteiger partial charge is 0.377 e. The fourth-order valence-corrected chi connectivity index (χ4v) is 3.73. The van der Waals surface area contributed by atoms with E-state index in [0.717, 1.165) is 12.8 Å². The predicted octanol–water partition coefficient (Wildman–Crippen LogP) is 4.68. The zero-order valence-corrected chi connectivity index (χ0v) is 12.4. The number of fused-ring (bicyclic) bond motifs is 1. The molecule has 0 aromatic carbocycles. The Labute approximate surface area is 119 Å². The molecule has 2 rings (SSSR count). The predicted molar refractivity (Wildman–Crippen MR) is 80.8 cm³/mol. The molecule has 0 heterocycles. The fourth-order valence-electron chi connectivity index (χ4n) is 3.73. The Balaban J connectivity index is 1.82. The van der Waals surface area contributed by atoms with Gasteiger partial charge in [0.25, 0.3) is 0 Å². The molecule has 2 saturated carbocycles. The van der Waals surface area contributed by atoms with Crippen LogP contribution >= 0.6 is 0 Å². The summed E-state index contributed by atoms with van der Waals surface area (Å²) in [5.74, 6) is 3.84. The van der Waals surface area contributed by atoms with Gasteiger partial charge in [0.2, 0.25) is 0 Å². The zero-order chi connectivity index (χ0) is 13.6. The fraction of sp³-hybridized carbons (Fsp3) is 0.889. The number of hydrogen-bond acceptors (Lipinski definition) is 1. The van der Waals surface area contributed by atoms with Crippen molar-refractivity contribution in [1.29, 1.82) is 0 Å². The van der Waals surface area contributed by atoms with E-state index in [1.54, 1.807) is 0 Å². The molecule has 2 aliphatic rings. The average Bonchev–Trinajstić information content (AvgIpc) is 3.19. The van der Waals surface area contributed by atoms with E-state index in [0.29, 0.717) is 11.8 Å². The summed E-state index contributed by atoms with van der Waals surface area (Å²) < 4.78 is 0. The molecule has 19 heavy (non-hydrogen) atoms. The van der Waals surface area contributed by atoms with Crippen molar-refractivity contribution in [2.24, 2.45) is 11.8 Å². The van der Waals surface area contributed by atoms with Crippen LogP contribution in [0.3, 0.4) is 0 Å². The van der Waals surface area contributed by atoms with Gasteiger partial charge in [-0.15, -0.1) is 6.42 Å². The first-order valence-corrected chi connectivity index (χ1v) is 8.46. The van der Waals surface area contributed by atoms with Crippen LogP contribution < -0.4 is 0 Å². The van der Waals surface area contributed by atoms with Gasteiger partial charge in [-0.05, 0) is 25.2 Å². The van der Waals surface area contributed by atoms with E-state index in [-0.39, 0.29) is 0 Å². The van der Waals surface area contributed by atoms with E-state index in [1.165, 1.54) is 70.6 Å². The first-order valence-electron chi connectivity index (χ1n) is 8.46. The molecular weight excluding hydrogens is 232 g/mol. The molecule has 1 N–H and O–H groups in total. The number of terminal acetylenes is 1. The third-order valence-electron chi connectivity index (χ3n) is 5.17. The lowest BCUT2D eigenvalue weighted by Gasteiger charge is -2.22. The summed E-state index contributed by atoms with van der Waals surface area (Å²) in [7, 11) is 0. The van der Waals surface area contributed by atoms with E-state index in [9.17, 15) is 5.11 Å². The molecule has 0 saturated heterocycles. The maximum atomic E-state index is 10.6. The maximum Gasteiger partial charge on any atom is 0.128 e. The summed E-state index contributed by atoms with van der Waals surface area (Å²) in [6.45, 7) is 0. The van der Waals surface area contributed by atoms with Crippen molar-refractivity contribution < 1.29 is 5.11 Å². The van der Waals surface area contributed by atoms with Gasteiger partial charge in [0, 0.05) is 5.92 Å². The van der Waals surface area contributed by atoms with Gasteiger partial charge >= 0.3 is 0 Å². The third-order valence-corrected chi connectivity index (χ3v) is 5.17. The summed E-state index contributed by atoms with van der Waals surface area (Å²) in [6.07, 6.45) is 22.2. The second-order valence-electron chi connectivity index (χ2n) is 6.75. The van der Waals surface area contributed by atoms with Gasteiger partial charge in [-0.1, -0.05) is 70.1 Å². The Bertz CT molecular complexity index is 303. The highest BCUT2D eigenvalue weighted by atomic mass is 16.3. The van der Waals surface area contributed by atoms with Crippen molar-refractivity contribution in [2.45, 2.75) is 89.1 Å². The molecule has 108 valence electrons. The second-order valence-corrected chi connectivity index (χ2v) is 6.75. The Morgan fingerprint density at radius 3 is 1.95 bits per heavy atom. The third kappa shape index (κ3) is 4.53. The summed E-state index contributed by atoms with van der Waals surface area (Å²) >= 11 is 0. The van der Waals surface area contributed by atoms with E-state index in [4.69, 9.17) is 6.42 Å². The average molecular weight is 262 g/mol. The molecule has 2 aliphatic carbocycles. The van der Waals surface area contributed by atoms with Gasteiger partial charge in [0.05, 0.1) is 0 Å². The van der Waals surface area contributed by atoms with Crippen LogP contribution in [0.1, 0.15) is 83.5 Å². The highest BCUT2D eigenvalue weighted by molar-refractivity contribution is 5.16. The van der Waals surface area contributed by atoms with Gasteiger partial charge in [-0.25, -0.2) is 0 Å². The lowest BCUT2D eigenvalue weighted by Crippen LogP contribution is -2.30. The highest BCUT2D eigenvalue weighted by Gasteiger charge is 2.49. The number of aliphatic hydroxyl groups is 1. The summed E-state index contributed by atoms with van der Waals surface area (Å²) in [5, 5.41) is 10.6. The summed E-state index contributed by atoms with van der Waals surface area (Å²) in [5.41, 5.74) is -0.787. The summed E-state index contributed by atoms with van der Waals surface area (Å²) in [6, 6.07) is 0. The van der Waals surface area contributed by atoms with E-state index >= 15 is 0 Å². The van der Waals surface area contributed by atoms with Crippen LogP contribution in [0, 0.1) is 24.2 Å². The van der Waals surface area contributed by atoms with Crippen LogP contribution in [-0.2, 0) is 0 Å². The van der Waals surface area contributed by atoms with Gasteiger partial charge in [0.1, 0.15) is 5.60 Å². The zero-order valence-electron chi connectivity index (χ0n) is 12.4. The van der Waals surface area contributed by atoms with Crippen LogP contribution in [0.5, 0.6) is 0 Å². The number of hydrogen-bond donors (Lipinski definition) is 1. The number of rotatable bonds is 0. The molecular formula is C18H30O. The van der Waals surface area contributed by atoms with Crippen LogP contribution in [0.15, 0.2) is 0 Å². The highest BCUT2D eigenvalue weighted by Crippen LogP contribution is 2.50. The van der Waals surface area contributed by atoms with Crippen LogP contribution in [0.4, 0.5) is 0 Å². The molecule has 0 aromatic heterocycles. The van der Waals surface area contributed by atoms with Crippen molar-refractivity contribution in [3.05, 3.63) is 0 Å². The molecule has 3 atom stereocenters. The van der Waals surface area contributed by atoms with Crippen molar-refractivity contribution >= 4 is 0 Å². The Morgan fingerprint density at radius 2 is 1.37 bits per heavy atom.